The predicted molar refractivity (Wildman–Crippen MR) is 209 cm³/mol. The lowest BCUT2D eigenvalue weighted by atomic mass is 9.98. The van der Waals surface area contributed by atoms with Crippen LogP contribution in [-0.4, -0.2) is 39.9 Å². The molecule has 8 nitrogen and oxygen atoms in total. The average molecular weight is 665 g/mol. The molecule has 3 aromatic heterocycles. The highest BCUT2D eigenvalue weighted by Crippen LogP contribution is 2.38. The van der Waals surface area contributed by atoms with Gasteiger partial charge in [-0.05, 0) is 68.7 Å². The number of aromatic nitrogens is 8. The maximum atomic E-state index is 5.23. The van der Waals surface area contributed by atoms with Gasteiger partial charge in [0, 0.05) is 43.8 Å². The summed E-state index contributed by atoms with van der Waals surface area (Å²) in [5, 5.41) is 10.8. The average Bonchev–Trinajstić information content (AvgIpc) is 3.91. The third-order valence-corrected chi connectivity index (χ3v) is 10.3. The Labute approximate surface area is 294 Å². The van der Waals surface area contributed by atoms with Crippen molar-refractivity contribution in [1.82, 2.24) is 39.9 Å². The van der Waals surface area contributed by atoms with Crippen LogP contribution < -0.4 is 0 Å². The van der Waals surface area contributed by atoms with E-state index in [2.05, 4.69) is 70.6 Å². The summed E-state index contributed by atoms with van der Waals surface area (Å²) in [6, 6.07) is 46.3. The lowest BCUT2D eigenvalue weighted by Gasteiger charge is -2.06. The van der Waals surface area contributed by atoms with Crippen LogP contribution in [0.15, 0.2) is 133 Å². The van der Waals surface area contributed by atoms with Gasteiger partial charge >= 0.3 is 0 Å². The van der Waals surface area contributed by atoms with Crippen molar-refractivity contribution in [1.29, 1.82) is 0 Å². The highest BCUT2D eigenvalue weighted by molar-refractivity contribution is 6.14. The Morgan fingerprint density at radius 1 is 0.269 bits per heavy atom. The molecule has 2 aliphatic heterocycles. The summed E-state index contributed by atoms with van der Waals surface area (Å²) in [7, 11) is 0. The van der Waals surface area contributed by atoms with Crippen molar-refractivity contribution in [2.75, 3.05) is 0 Å². The van der Waals surface area contributed by atoms with Gasteiger partial charge < -0.3 is 9.97 Å². The summed E-state index contributed by atoms with van der Waals surface area (Å²) in [5.41, 5.74) is 6.36. The van der Waals surface area contributed by atoms with E-state index in [0.29, 0.717) is 45.9 Å². The van der Waals surface area contributed by atoms with Crippen molar-refractivity contribution in [2.24, 2.45) is 0 Å². The second kappa shape index (κ2) is 10.1. The van der Waals surface area contributed by atoms with E-state index >= 15 is 0 Å². The minimum atomic E-state index is 0.584. The van der Waals surface area contributed by atoms with Gasteiger partial charge in [-0.1, -0.05) is 97.1 Å². The highest BCUT2D eigenvalue weighted by atomic mass is 15.1. The van der Waals surface area contributed by atoms with E-state index < -0.39 is 0 Å². The Morgan fingerprint density at radius 3 is 0.981 bits per heavy atom. The SMILES string of the molecule is c1ccc2c(c1)-c1nc-2nc2[nH]c(nc3nc(nc4[nH]c(n1)c1ccccc41)-c1ccccc1-3)c1cc3cc4cc5ccccc5cc4cc3cc21. The Morgan fingerprint density at radius 2 is 0.577 bits per heavy atom. The summed E-state index contributed by atoms with van der Waals surface area (Å²) in [5.74, 6) is 2.34. The van der Waals surface area contributed by atoms with Crippen molar-refractivity contribution in [2.45, 2.75) is 0 Å². The normalized spacial score (nSPS) is 12.2. The third kappa shape index (κ3) is 3.97. The smallest absolute Gasteiger partial charge is 0.164 e. The van der Waals surface area contributed by atoms with E-state index in [-0.39, 0.29) is 0 Å². The van der Waals surface area contributed by atoms with Crippen LogP contribution in [0.3, 0.4) is 0 Å². The Bertz CT molecular complexity index is 3160. The Hall–Kier alpha value is -7.32. The van der Waals surface area contributed by atoms with Crippen molar-refractivity contribution in [3.8, 4) is 45.6 Å². The number of fused-ring (bicyclic) bond motifs is 23. The van der Waals surface area contributed by atoms with Gasteiger partial charge in [-0.25, -0.2) is 29.9 Å². The van der Waals surface area contributed by atoms with E-state index in [0.717, 1.165) is 54.6 Å². The first kappa shape index (κ1) is 27.5. The zero-order valence-corrected chi connectivity index (χ0v) is 27.4. The fourth-order valence-electron chi connectivity index (χ4n) is 7.83. The number of nitrogens with zero attached hydrogens (tertiary/aromatic N) is 6. The summed E-state index contributed by atoms with van der Waals surface area (Å²) >= 11 is 0. The molecule has 0 radical (unpaired) electrons. The van der Waals surface area contributed by atoms with Gasteiger partial charge in [0.2, 0.25) is 0 Å². The molecule has 8 heteroatoms. The zero-order chi connectivity index (χ0) is 33.9. The van der Waals surface area contributed by atoms with Crippen LogP contribution in [0.5, 0.6) is 0 Å². The van der Waals surface area contributed by atoms with Crippen LogP contribution in [0.25, 0.3) is 122 Å². The minimum Gasteiger partial charge on any atom is -0.324 e. The van der Waals surface area contributed by atoms with Gasteiger partial charge in [0.15, 0.2) is 23.3 Å². The first-order chi connectivity index (χ1) is 25.7. The van der Waals surface area contributed by atoms with Crippen LogP contribution in [0, 0.1) is 0 Å². The third-order valence-electron chi connectivity index (χ3n) is 10.3. The molecule has 2 N–H and O–H groups in total. The van der Waals surface area contributed by atoms with Crippen molar-refractivity contribution in [3.63, 3.8) is 0 Å². The molecule has 0 saturated heterocycles. The largest absolute Gasteiger partial charge is 0.324 e. The summed E-state index contributed by atoms with van der Waals surface area (Å²) in [6.07, 6.45) is 0. The number of nitrogens with one attached hydrogen (secondary N) is 2. The molecule has 2 aliphatic rings. The maximum absolute atomic E-state index is 5.23. The van der Waals surface area contributed by atoms with Gasteiger partial charge in [0.1, 0.15) is 22.6 Å². The number of hydrogen-bond donors (Lipinski definition) is 2. The summed E-state index contributed by atoms with van der Waals surface area (Å²) in [6.45, 7) is 0. The van der Waals surface area contributed by atoms with E-state index in [1.807, 2.05) is 72.8 Å². The van der Waals surface area contributed by atoms with Gasteiger partial charge in [0.05, 0.1) is 0 Å². The fraction of sp³-hybridized carbons (Fsp3) is 0. The number of hydrogen-bond acceptors (Lipinski definition) is 6. The predicted octanol–water partition coefficient (Wildman–Crippen LogP) is 10.3. The molecule has 0 saturated carbocycles. The number of H-pyrrole nitrogens is 2. The minimum absolute atomic E-state index is 0.584. The van der Waals surface area contributed by atoms with Crippen LogP contribution in [0.2, 0.25) is 0 Å². The monoisotopic (exact) mass is 664 g/mol. The Kier molecular flexibility index (Phi) is 5.35. The molecule has 10 aromatic rings. The molecule has 12 rings (SSSR count). The molecule has 0 amide bonds. The molecule has 0 fully saturated rings. The molecule has 0 spiro atoms. The fourth-order valence-corrected chi connectivity index (χ4v) is 7.83. The summed E-state index contributed by atoms with van der Waals surface area (Å²) < 4.78 is 0. The van der Waals surface area contributed by atoms with Crippen molar-refractivity contribution >= 4 is 76.5 Å². The van der Waals surface area contributed by atoms with E-state index in [1.54, 1.807) is 0 Å². The van der Waals surface area contributed by atoms with Crippen LogP contribution >= 0.6 is 0 Å². The quantitative estimate of drug-likeness (QED) is 0.156. The number of aromatic amines is 2. The van der Waals surface area contributed by atoms with Crippen molar-refractivity contribution in [3.05, 3.63) is 133 Å². The second-order valence-corrected chi connectivity index (χ2v) is 13.4. The van der Waals surface area contributed by atoms with Gasteiger partial charge in [0.25, 0.3) is 0 Å². The van der Waals surface area contributed by atoms with Gasteiger partial charge in [-0.15, -0.1) is 0 Å². The first-order valence-corrected chi connectivity index (χ1v) is 17.2. The van der Waals surface area contributed by atoms with E-state index in [4.69, 9.17) is 29.9 Å². The zero-order valence-electron chi connectivity index (χ0n) is 27.4. The Balaban J connectivity index is 1.24. The molecule has 0 unspecified atom stereocenters. The lowest BCUT2D eigenvalue weighted by Crippen LogP contribution is -1.82. The van der Waals surface area contributed by atoms with Gasteiger partial charge in [-0.2, -0.15) is 0 Å². The molecule has 7 aromatic carbocycles. The van der Waals surface area contributed by atoms with Crippen LogP contribution in [0.1, 0.15) is 0 Å². The number of benzene rings is 7. The molecule has 0 aliphatic carbocycles. The molecule has 0 atom stereocenters. The molecular weight excluding hydrogens is 641 g/mol. The number of rotatable bonds is 0. The molecule has 5 heterocycles. The highest BCUT2D eigenvalue weighted by Gasteiger charge is 2.22. The van der Waals surface area contributed by atoms with Crippen LogP contribution in [-0.2, 0) is 0 Å². The summed E-state index contributed by atoms with van der Waals surface area (Å²) in [4.78, 5) is 37.8. The molecule has 52 heavy (non-hydrogen) atoms. The lowest BCUT2D eigenvalue weighted by molar-refractivity contribution is 1.19. The second-order valence-electron chi connectivity index (χ2n) is 13.4. The maximum Gasteiger partial charge on any atom is 0.164 e. The standard InChI is InChI=1S/C44H24N8/c1-2-10-24-18-26-20-28-22-36-35(21-27(28)19-25(26)17-23(24)9-1)43-50-41-33-15-7-5-13-31(33)39(48-41)46-37-29-11-3-4-12-30(29)38(45-37)47-40-32-14-6-8-16-34(32)42(49-40)51-44(36)52-43/h1-22H,(H2,45,46,47,48,49,50,51,52). The first-order valence-electron chi connectivity index (χ1n) is 17.2. The van der Waals surface area contributed by atoms with E-state index in [9.17, 15) is 0 Å². The van der Waals surface area contributed by atoms with E-state index in [1.165, 1.54) is 21.5 Å². The van der Waals surface area contributed by atoms with Crippen molar-refractivity contribution < 1.29 is 0 Å². The topological polar surface area (TPSA) is 109 Å². The molecular formula is C44H24N8. The van der Waals surface area contributed by atoms with Gasteiger partial charge in [-0.3, -0.25) is 0 Å². The van der Waals surface area contributed by atoms with Crippen LogP contribution in [0.4, 0.5) is 0 Å². The molecule has 240 valence electrons. The molecule has 8 bridgehead atoms.